The fraction of sp³-hybridized carbons (Fsp3) is 0.421. The van der Waals surface area contributed by atoms with E-state index in [4.69, 9.17) is 11.6 Å². The molecule has 1 aliphatic rings. The number of hydrogen-bond acceptors (Lipinski definition) is 6. The maximum atomic E-state index is 14.1. The van der Waals surface area contributed by atoms with Gasteiger partial charge in [-0.15, -0.1) is 0 Å². The van der Waals surface area contributed by atoms with Gasteiger partial charge in [-0.05, 0) is 51.3 Å². The van der Waals surface area contributed by atoms with Gasteiger partial charge in [0.1, 0.15) is 5.82 Å². The summed E-state index contributed by atoms with van der Waals surface area (Å²) < 4.78 is 41.3. The van der Waals surface area contributed by atoms with Crippen molar-refractivity contribution in [3.05, 3.63) is 46.5 Å². The molecule has 0 spiro atoms. The lowest BCUT2D eigenvalue weighted by atomic mass is 9.97. The Balaban J connectivity index is 2.02. The van der Waals surface area contributed by atoms with Crippen molar-refractivity contribution < 1.29 is 17.6 Å². The summed E-state index contributed by atoms with van der Waals surface area (Å²) in [4.78, 5) is 22.7. The van der Waals surface area contributed by atoms with Crippen molar-refractivity contribution in [2.24, 2.45) is 5.92 Å². The van der Waals surface area contributed by atoms with E-state index in [0.29, 0.717) is 18.2 Å². The zero-order chi connectivity index (χ0) is 21.6. The van der Waals surface area contributed by atoms with Gasteiger partial charge in [-0.2, -0.15) is 8.42 Å². The van der Waals surface area contributed by atoms with Crippen LogP contribution < -0.4 is 9.62 Å². The molecule has 2 aromatic rings. The number of halogens is 2. The molecule has 3 heterocycles. The molecule has 0 aliphatic carbocycles. The predicted molar refractivity (Wildman–Crippen MR) is 108 cm³/mol. The number of pyridine rings is 2. The zero-order valence-electron chi connectivity index (χ0n) is 16.5. The molecule has 0 aromatic carbocycles. The van der Waals surface area contributed by atoms with Crippen LogP contribution in [0.3, 0.4) is 0 Å². The van der Waals surface area contributed by atoms with Crippen molar-refractivity contribution in [1.29, 1.82) is 0 Å². The third-order valence-electron chi connectivity index (χ3n) is 4.85. The van der Waals surface area contributed by atoms with Crippen LogP contribution in [0.2, 0.25) is 5.15 Å². The Kier molecular flexibility index (Phi) is 5.57. The monoisotopic (exact) mass is 440 g/mol. The van der Waals surface area contributed by atoms with Crippen LogP contribution in [-0.2, 0) is 10.0 Å². The first kappa shape index (κ1) is 21.4. The Bertz CT molecular complexity index is 1080. The molecule has 0 radical (unpaired) electrons. The van der Waals surface area contributed by atoms with Gasteiger partial charge in [0, 0.05) is 17.8 Å². The van der Waals surface area contributed by atoms with Gasteiger partial charge < -0.3 is 4.90 Å². The van der Waals surface area contributed by atoms with Crippen molar-refractivity contribution in [2.75, 3.05) is 11.4 Å². The molecule has 7 nitrogen and oxygen atoms in total. The summed E-state index contributed by atoms with van der Waals surface area (Å²) in [5.41, 5.74) is -0.0853. The summed E-state index contributed by atoms with van der Waals surface area (Å²) in [6.07, 6.45) is 0.830. The first-order chi connectivity index (χ1) is 13.4. The molecule has 156 valence electrons. The second-order valence-corrected chi connectivity index (χ2v) is 9.90. The highest BCUT2D eigenvalue weighted by molar-refractivity contribution is 7.90. The van der Waals surface area contributed by atoms with Gasteiger partial charge in [0.25, 0.3) is 15.9 Å². The van der Waals surface area contributed by atoms with Crippen molar-refractivity contribution in [2.45, 2.75) is 44.7 Å². The normalized spacial score (nSPS) is 18.7. The van der Waals surface area contributed by atoms with Crippen molar-refractivity contribution >= 4 is 33.3 Å². The highest BCUT2D eigenvalue weighted by Crippen LogP contribution is 2.38. The molecule has 0 unspecified atom stereocenters. The van der Waals surface area contributed by atoms with Gasteiger partial charge in [0.05, 0.1) is 5.56 Å². The standard InChI is InChI=1S/C19H22ClFN4O3S/c1-11-9-19(3,4)25(10-11)17-13(8-14(21)16(20)23-17)18(26)24-29(27,28)15-7-5-6-12(2)22-15/h5-8,11H,9-10H2,1-4H3,(H,24,26)/t11-/m0/s1. The predicted octanol–water partition coefficient (Wildman–Crippen LogP) is 3.32. The molecule has 0 saturated carbocycles. The Hall–Kier alpha value is -2.26. The van der Waals surface area contributed by atoms with Crippen molar-refractivity contribution in [3.63, 3.8) is 0 Å². The number of carbonyl (C=O) groups excluding carboxylic acids is 1. The van der Waals surface area contributed by atoms with Gasteiger partial charge in [0.15, 0.2) is 16.0 Å². The third kappa shape index (κ3) is 4.35. The summed E-state index contributed by atoms with van der Waals surface area (Å²) in [5, 5.41) is -0.681. The lowest BCUT2D eigenvalue weighted by molar-refractivity contribution is 0.0981. The highest BCUT2D eigenvalue weighted by Gasteiger charge is 2.39. The summed E-state index contributed by atoms with van der Waals surface area (Å²) in [6, 6.07) is 5.34. The van der Waals surface area contributed by atoms with Crippen LogP contribution in [0.15, 0.2) is 29.3 Å². The highest BCUT2D eigenvalue weighted by atomic mass is 35.5. The molecule has 2 aromatic heterocycles. The SMILES string of the molecule is Cc1cccc(S(=O)(=O)NC(=O)c2cc(F)c(Cl)nc2N2C[C@@H](C)CC2(C)C)n1. The molecule has 10 heteroatoms. The van der Waals surface area contributed by atoms with Gasteiger partial charge >= 0.3 is 0 Å². The zero-order valence-corrected chi connectivity index (χ0v) is 18.1. The Morgan fingerprint density at radius 1 is 1.34 bits per heavy atom. The van der Waals surface area contributed by atoms with E-state index in [2.05, 4.69) is 16.9 Å². The Morgan fingerprint density at radius 2 is 2.03 bits per heavy atom. The number of sulfonamides is 1. The van der Waals surface area contributed by atoms with Crippen molar-refractivity contribution in [3.8, 4) is 0 Å². The summed E-state index contributed by atoms with van der Waals surface area (Å²) in [5.74, 6) is -1.44. The lowest BCUT2D eigenvalue weighted by Gasteiger charge is -2.33. The topological polar surface area (TPSA) is 92.3 Å². The maximum Gasteiger partial charge on any atom is 0.281 e. The number of aryl methyl sites for hydroxylation is 1. The van der Waals surface area contributed by atoms with Gasteiger partial charge in [-0.3, -0.25) is 4.79 Å². The molecule has 0 bridgehead atoms. The van der Waals surface area contributed by atoms with E-state index in [0.717, 1.165) is 12.5 Å². The Labute approximate surface area is 174 Å². The van der Waals surface area contributed by atoms with Crippen LogP contribution in [0.4, 0.5) is 10.2 Å². The minimum atomic E-state index is -4.25. The number of amides is 1. The number of hydrogen-bond donors (Lipinski definition) is 1. The number of aromatic nitrogens is 2. The minimum absolute atomic E-state index is 0.149. The molecule has 1 amide bonds. The van der Waals surface area contributed by atoms with Crippen LogP contribution in [-0.4, -0.2) is 36.4 Å². The number of rotatable bonds is 4. The molecule has 1 N–H and O–H groups in total. The summed E-state index contributed by atoms with van der Waals surface area (Å²) >= 11 is 5.87. The van der Waals surface area contributed by atoms with Gasteiger partial charge in [0.2, 0.25) is 0 Å². The molecule has 1 fully saturated rings. The maximum absolute atomic E-state index is 14.1. The van der Waals surface area contributed by atoms with E-state index in [-0.39, 0.29) is 27.1 Å². The fourth-order valence-electron chi connectivity index (χ4n) is 3.69. The molecular weight excluding hydrogens is 419 g/mol. The van der Waals surface area contributed by atoms with Crippen LogP contribution in [0.5, 0.6) is 0 Å². The van der Waals surface area contributed by atoms with Crippen molar-refractivity contribution in [1.82, 2.24) is 14.7 Å². The minimum Gasteiger partial charge on any atom is -0.351 e. The van der Waals surface area contributed by atoms with E-state index in [1.165, 1.54) is 12.1 Å². The molecule has 1 aliphatic heterocycles. The summed E-state index contributed by atoms with van der Waals surface area (Å²) in [7, 11) is -4.25. The van der Waals surface area contributed by atoms with Crippen LogP contribution in [0, 0.1) is 18.7 Å². The van der Waals surface area contributed by atoms with E-state index < -0.39 is 21.7 Å². The van der Waals surface area contributed by atoms with Crippen LogP contribution >= 0.6 is 11.6 Å². The van der Waals surface area contributed by atoms with Gasteiger partial charge in [-0.25, -0.2) is 19.1 Å². The average molecular weight is 441 g/mol. The van der Waals surface area contributed by atoms with Crippen LogP contribution in [0.1, 0.15) is 43.2 Å². The molecule has 1 atom stereocenters. The number of nitrogens with zero attached hydrogens (tertiary/aromatic N) is 3. The third-order valence-corrected chi connectivity index (χ3v) is 6.35. The average Bonchev–Trinajstić information content (AvgIpc) is 2.88. The number of carbonyl (C=O) groups is 1. The molecular formula is C19H22ClFN4O3S. The molecule has 1 saturated heterocycles. The number of nitrogens with one attached hydrogen (secondary N) is 1. The molecule has 29 heavy (non-hydrogen) atoms. The van der Waals surface area contributed by atoms with E-state index in [1.807, 2.05) is 23.5 Å². The first-order valence-corrected chi connectivity index (χ1v) is 10.9. The smallest absolute Gasteiger partial charge is 0.281 e. The number of anilines is 1. The molecule has 3 rings (SSSR count). The summed E-state index contributed by atoms with van der Waals surface area (Å²) in [6.45, 7) is 8.22. The largest absolute Gasteiger partial charge is 0.351 e. The Morgan fingerprint density at radius 3 is 2.62 bits per heavy atom. The van der Waals surface area contributed by atoms with E-state index >= 15 is 0 Å². The van der Waals surface area contributed by atoms with Crippen LogP contribution in [0.25, 0.3) is 0 Å². The first-order valence-electron chi connectivity index (χ1n) is 9.05. The lowest BCUT2D eigenvalue weighted by Crippen LogP contribution is -2.41. The van der Waals surface area contributed by atoms with E-state index in [1.54, 1.807) is 13.0 Å². The second-order valence-electron chi connectivity index (χ2n) is 7.92. The quantitative estimate of drug-likeness (QED) is 0.733. The second kappa shape index (κ2) is 7.53. The fourth-order valence-corrected chi connectivity index (χ4v) is 4.80. The van der Waals surface area contributed by atoms with E-state index in [9.17, 15) is 17.6 Å². The van der Waals surface area contributed by atoms with Gasteiger partial charge in [-0.1, -0.05) is 24.6 Å².